The molecule has 5 aliphatic heterocycles. The number of carbonyl (C=O) groups excluding carboxylic acids is 11. The number of carbonyl (C=O) groups is 11. The number of imide groups is 1. The monoisotopic (exact) mass is 2030 g/mol. The highest BCUT2D eigenvalue weighted by Gasteiger charge is 2.53. The van der Waals surface area contributed by atoms with Gasteiger partial charge in [0.2, 0.25) is 35.0 Å². The molecule has 37 heteroatoms. The number of rotatable bonds is 43. The molecule has 18 unspecified atom stereocenters. The van der Waals surface area contributed by atoms with E-state index >= 15 is 0 Å². The largest absolute Gasteiger partial charge is 0.496 e. The Hall–Kier alpha value is -7.23. The number of aliphatic hydroxyl groups is 5. The molecule has 2 aliphatic carbocycles. The van der Waals surface area contributed by atoms with Crippen molar-refractivity contribution in [2.24, 2.45) is 35.0 Å². The zero-order valence-corrected chi connectivity index (χ0v) is 83.7. The van der Waals surface area contributed by atoms with Crippen LogP contribution in [-0.4, -0.2) is 255 Å². The van der Waals surface area contributed by atoms with Crippen LogP contribution in [0.4, 0.5) is 10.5 Å². The number of nitrogens with zero attached hydrogens (tertiary/aromatic N) is 1. The van der Waals surface area contributed by atoms with E-state index in [-0.39, 0.29) is 175 Å². The van der Waals surface area contributed by atoms with Crippen molar-refractivity contribution in [3.05, 3.63) is 85.0 Å². The molecule has 0 radical (unpaired) electrons. The summed E-state index contributed by atoms with van der Waals surface area (Å²) in [5.74, 6) is 7.93. The molecule has 5 saturated heterocycles. The summed E-state index contributed by atoms with van der Waals surface area (Å²) in [6.07, 6.45) is -10.8. The van der Waals surface area contributed by atoms with E-state index in [0.29, 0.717) is 64.6 Å². The number of esters is 1. The molecule has 5 fully saturated rings. The third-order valence-corrected chi connectivity index (χ3v) is 30.8. The number of hydrogen-bond acceptors (Lipinski definition) is 32. The molecular formula is C96H132IN5O28S3. The van der Waals surface area contributed by atoms with E-state index in [1.165, 1.54) is 66.9 Å². The number of methoxy groups -OCH3 is 3. The average Bonchev–Trinajstić information content (AvgIpc) is 0.839. The van der Waals surface area contributed by atoms with Gasteiger partial charge in [0.25, 0.3) is 0 Å². The molecule has 0 saturated carbocycles. The molecule has 0 aromatic heterocycles. The Kier molecular flexibility index (Phi) is 41.0. The summed E-state index contributed by atoms with van der Waals surface area (Å²) in [5.41, 5.74) is 2.62. The van der Waals surface area contributed by atoms with Crippen LogP contribution in [0.2, 0.25) is 0 Å². The van der Waals surface area contributed by atoms with Crippen LogP contribution >= 0.6 is 55.9 Å². The predicted octanol–water partition coefficient (Wildman–Crippen LogP) is 10.2. The number of fused-ring (bicyclic) bond motifs is 2. The van der Waals surface area contributed by atoms with Crippen molar-refractivity contribution in [2.45, 2.75) is 321 Å². The van der Waals surface area contributed by atoms with E-state index in [1.54, 1.807) is 71.9 Å². The molecule has 734 valence electrons. The lowest BCUT2D eigenvalue weighted by Gasteiger charge is -2.46. The van der Waals surface area contributed by atoms with Crippen LogP contribution in [-0.2, 0) is 97.2 Å². The second-order valence-electron chi connectivity index (χ2n) is 37.2. The van der Waals surface area contributed by atoms with Gasteiger partial charge in [-0.05, 0) is 162 Å². The first-order chi connectivity index (χ1) is 62.8. The molecular weight excluding hydrogens is 1890 g/mol. The standard InChI is InChI=1S/C96H132IN5O28S3/c1-50(2)78(100-70(108)29-23-21-25-39-102-71(109)45-65(89(102)115)94(11,12)13)66(105)41-52(4)88(114)99-61-32-30-59(31-33-61)48-123-93(117)98-38-26-27-62(104)34-37-95(14,15)133-131-40-35-64-76-63(44-72(110)119-16)68(107)47-96(64,118)36-24-20-19-22-28-69(76)127-92-86(128-73-42-51(3)60(49-122-73)43-53(5)103)81(112)79(56(8)125-92)101-130-74-46-67(106)87(58(10)124-74)132-90(116)75-54(6)77(97)84(55(7)83(75)120-17)129-91-82(113)85(121-18)80(111)57(9)126-91/h19-20,30-33,35,50-52,56-58,60,65,67,69,73-74,78-82,85-87,91-92,101,106,111-113,118H,21,23,25-27,29,34,37-49H2,1-18H3,(H,98,117)(H,99,114)(H,100,108)/b20-19-,64-35-/t51?,52-,56?,57?,58?,60?,65?,67?,69+,73?,74?,78+,79?,80?,81?,82?,85?,86?,87?,91?,92?,96+/m1/s1. The Labute approximate surface area is 804 Å². The van der Waals surface area contributed by atoms with Gasteiger partial charge in [0, 0.05) is 116 Å². The molecule has 0 spiro atoms. The first-order valence-corrected chi connectivity index (χ1v) is 49.6. The summed E-state index contributed by atoms with van der Waals surface area (Å²) in [5, 5.41) is 66.2. The first-order valence-electron chi connectivity index (χ1n) is 45.3. The highest BCUT2D eigenvalue weighted by Crippen LogP contribution is 2.48. The van der Waals surface area contributed by atoms with Crippen molar-refractivity contribution in [1.82, 2.24) is 21.0 Å². The number of hydrogen-bond donors (Lipinski definition) is 9. The van der Waals surface area contributed by atoms with Gasteiger partial charge in [0.1, 0.15) is 66.3 Å². The van der Waals surface area contributed by atoms with Crippen LogP contribution in [0.25, 0.3) is 0 Å². The van der Waals surface area contributed by atoms with Gasteiger partial charge < -0.3 is 98.4 Å². The van der Waals surface area contributed by atoms with Crippen molar-refractivity contribution in [3.63, 3.8) is 0 Å². The number of amides is 5. The summed E-state index contributed by atoms with van der Waals surface area (Å²) >= 11 is 2.89. The number of halogens is 1. The normalized spacial score (nSPS) is 28.8. The van der Waals surface area contributed by atoms with Gasteiger partial charge in [0.15, 0.2) is 36.0 Å². The minimum atomic E-state index is -2.18. The van der Waals surface area contributed by atoms with Crippen LogP contribution in [0.15, 0.2) is 59.2 Å². The number of likely N-dealkylation sites (tertiary alicyclic amines) is 1. The van der Waals surface area contributed by atoms with E-state index in [2.05, 4.69) is 45.1 Å². The fourth-order valence-corrected chi connectivity index (χ4v) is 21.3. The van der Waals surface area contributed by atoms with Crippen molar-refractivity contribution < 1.29 is 135 Å². The molecule has 7 aliphatic rings. The number of allylic oxidation sites excluding steroid dienone is 2. The van der Waals surface area contributed by atoms with Gasteiger partial charge in [-0.3, -0.25) is 52.9 Å². The minimum absolute atomic E-state index is 0.00261. The van der Waals surface area contributed by atoms with Crippen molar-refractivity contribution in [3.8, 4) is 35.2 Å². The molecule has 9 N–H and O–H groups in total. The van der Waals surface area contributed by atoms with E-state index in [0.717, 1.165) is 11.8 Å². The topological polar surface area (TPSA) is 451 Å². The number of benzene rings is 2. The number of hydroxylamine groups is 1. The lowest BCUT2D eigenvalue weighted by Crippen LogP contribution is -2.64. The lowest BCUT2D eigenvalue weighted by atomic mass is 9.72. The predicted molar refractivity (Wildman–Crippen MR) is 504 cm³/mol. The van der Waals surface area contributed by atoms with Gasteiger partial charge in [0.05, 0.1) is 90.5 Å². The van der Waals surface area contributed by atoms with Crippen LogP contribution in [0, 0.1) is 76.1 Å². The molecule has 9 rings (SSSR count). The van der Waals surface area contributed by atoms with Gasteiger partial charge in [-0.1, -0.05) is 130 Å². The summed E-state index contributed by atoms with van der Waals surface area (Å²) in [7, 11) is 6.80. The summed E-state index contributed by atoms with van der Waals surface area (Å²) < 4.78 is 66.8. The Morgan fingerprint density at radius 3 is 2.16 bits per heavy atom. The summed E-state index contributed by atoms with van der Waals surface area (Å²) in [4.78, 5) is 154. The number of unbranched alkanes of at least 4 members (excludes halogenated alkanes) is 2. The minimum Gasteiger partial charge on any atom is -0.496 e. The number of aliphatic hydroxyl groups excluding tert-OH is 4. The maximum atomic E-state index is 14.6. The Bertz CT molecular complexity index is 4720. The number of alkyl carbamates (subject to hydrolysis) is 1. The molecule has 2 aromatic rings. The average molecular weight is 2030 g/mol. The second kappa shape index (κ2) is 49.9. The van der Waals surface area contributed by atoms with E-state index in [9.17, 15) is 78.3 Å². The lowest BCUT2D eigenvalue weighted by molar-refractivity contribution is -0.335. The zero-order valence-electron chi connectivity index (χ0n) is 79.1. The van der Waals surface area contributed by atoms with Crippen molar-refractivity contribution in [1.29, 1.82) is 0 Å². The van der Waals surface area contributed by atoms with Crippen LogP contribution < -0.4 is 30.9 Å². The molecule has 5 heterocycles. The Morgan fingerprint density at radius 2 is 1.50 bits per heavy atom. The van der Waals surface area contributed by atoms with E-state index in [1.807, 2.05) is 78.0 Å². The fraction of sp³-hybridized carbons (Fsp3) is 0.656. The van der Waals surface area contributed by atoms with E-state index < -0.39 is 162 Å². The van der Waals surface area contributed by atoms with Gasteiger partial charge >= 0.3 is 12.1 Å². The highest BCUT2D eigenvalue weighted by molar-refractivity contribution is 14.1. The maximum Gasteiger partial charge on any atom is 0.407 e. The highest BCUT2D eigenvalue weighted by atomic mass is 127. The second-order valence-corrected chi connectivity index (χ2v) is 42.5. The van der Waals surface area contributed by atoms with Crippen LogP contribution in [0.3, 0.4) is 0 Å². The molecule has 33 nitrogen and oxygen atoms in total. The number of ketones is 4. The first kappa shape index (κ1) is 109. The van der Waals surface area contributed by atoms with Gasteiger partial charge in [-0.25, -0.2) is 4.79 Å². The molecule has 2 bridgehead atoms. The van der Waals surface area contributed by atoms with Crippen LogP contribution in [0.5, 0.6) is 11.5 Å². The zero-order chi connectivity index (χ0) is 97.8. The number of nitrogens with one attached hydrogen (secondary N) is 4. The number of Topliss-reactive ketones (excluding diaryl/α,β-unsaturated/α-hetero) is 4. The van der Waals surface area contributed by atoms with Crippen molar-refractivity contribution >= 4 is 126 Å². The quantitative estimate of drug-likeness (QED) is 0.00566. The molecule has 133 heavy (non-hydrogen) atoms. The van der Waals surface area contributed by atoms with Gasteiger partial charge in [-0.2, -0.15) is 5.48 Å². The number of ether oxygens (including phenoxy) is 11. The fourth-order valence-electron chi connectivity index (χ4n) is 16.9. The smallest absolute Gasteiger partial charge is 0.407 e. The number of thioether (sulfide) groups is 1. The third kappa shape index (κ3) is 29.7. The SMILES string of the molecule is COC(=O)CC1=C2/C(=C/CSSC(C)(C)CCC(=O)CCCNC(=O)OCc3ccc(NC(=O)[C@H](C)CC(=O)[C@@H](NC(=O)CCCCCN4C(=O)CC(C(C)(C)C)C4=O)C(C)C)cc3)[C@](O)(C#C/C=C\C#C[C@@H]2OC2OC(C)C(NOC3CC(O)C(SC(=O)c4c(C)c(I)c(OC5OC(C)C(O)C(OC)C5O)c(C)c4OC)C(C)O3)C(O)C2OC2CC(C)C(CC(C)=O)CO2)CC1=O. The third-order valence-electron chi connectivity index (χ3n) is 24.9. The van der Waals surface area contributed by atoms with Crippen molar-refractivity contribution in [2.75, 3.05) is 52.1 Å². The Morgan fingerprint density at radius 1 is 0.797 bits per heavy atom. The van der Waals surface area contributed by atoms with E-state index in [4.69, 9.17) is 56.9 Å². The number of anilines is 1. The summed E-state index contributed by atoms with van der Waals surface area (Å²) in [6.45, 7) is 27.4. The maximum absolute atomic E-state index is 14.6. The molecule has 5 amide bonds. The molecule has 2 aromatic carbocycles. The Balaban J connectivity index is 0.770. The van der Waals surface area contributed by atoms with Crippen LogP contribution in [0.1, 0.15) is 213 Å². The van der Waals surface area contributed by atoms with Gasteiger partial charge in [-0.15, -0.1) is 0 Å². The summed E-state index contributed by atoms with van der Waals surface area (Å²) in [6, 6.07) is 4.69. The molecule has 22 atom stereocenters.